The molecule has 0 aromatic heterocycles. The molecule has 1 aliphatic rings. The number of carbonyl (C=O) groups is 2. The van der Waals surface area contributed by atoms with Gasteiger partial charge in [-0.15, -0.1) is 11.8 Å². The van der Waals surface area contributed by atoms with Gasteiger partial charge in [-0.05, 0) is 11.6 Å². The highest BCUT2D eigenvalue weighted by Crippen LogP contribution is 2.30. The molecule has 10 heteroatoms. The Kier molecular flexibility index (Phi) is 5.83. The van der Waals surface area contributed by atoms with Gasteiger partial charge in [-0.25, -0.2) is 9.18 Å². The first-order chi connectivity index (χ1) is 11.8. The van der Waals surface area contributed by atoms with Crippen molar-refractivity contribution in [2.24, 2.45) is 0 Å². The van der Waals surface area contributed by atoms with E-state index in [1.54, 1.807) is 6.07 Å². The van der Waals surface area contributed by atoms with Gasteiger partial charge in [0.05, 0.1) is 24.3 Å². The van der Waals surface area contributed by atoms with Crippen LogP contribution in [-0.4, -0.2) is 58.4 Å². The molecule has 0 bridgehead atoms. The molecule has 1 saturated heterocycles. The predicted molar refractivity (Wildman–Crippen MR) is 88.5 cm³/mol. The highest BCUT2D eigenvalue weighted by atomic mass is 32.2. The largest absolute Gasteiger partial charge is 0.490 e. The van der Waals surface area contributed by atoms with Crippen LogP contribution in [0, 0.1) is 10.1 Å². The van der Waals surface area contributed by atoms with Gasteiger partial charge >= 0.3 is 11.7 Å². The minimum Gasteiger partial charge on any atom is -0.490 e. The second kappa shape index (κ2) is 7.68. The van der Waals surface area contributed by atoms with Gasteiger partial charge in [-0.3, -0.25) is 14.9 Å². The third-order valence-corrected chi connectivity index (χ3v) is 4.88. The normalized spacial score (nSPS) is 19.7. The number of benzene rings is 1. The number of thioether (sulfide) groups is 1. The quantitative estimate of drug-likeness (QED) is 0.574. The van der Waals surface area contributed by atoms with Crippen molar-refractivity contribution >= 4 is 29.3 Å². The zero-order valence-electron chi connectivity index (χ0n) is 13.4. The number of alkyl halides is 1. The highest BCUT2D eigenvalue weighted by molar-refractivity contribution is 7.99. The van der Waals surface area contributed by atoms with E-state index in [1.165, 1.54) is 35.9 Å². The Labute approximate surface area is 147 Å². The number of ether oxygens (including phenoxy) is 1. The van der Waals surface area contributed by atoms with E-state index in [0.29, 0.717) is 11.3 Å². The Bertz CT molecular complexity index is 701. The maximum atomic E-state index is 13.9. The second-order valence-corrected chi connectivity index (χ2v) is 6.58. The number of hydrogen-bond donors (Lipinski definition) is 1. The summed E-state index contributed by atoms with van der Waals surface area (Å²) in [7, 11) is 1.34. The molecule has 1 N–H and O–H groups in total. The Hall–Kier alpha value is -2.36. The van der Waals surface area contributed by atoms with Gasteiger partial charge in [0.1, 0.15) is 0 Å². The molecule has 8 nitrogen and oxygen atoms in total. The Balaban J connectivity index is 1.89. The third-order valence-electron chi connectivity index (χ3n) is 3.89. The number of aliphatic carboxylic acids is 1. The maximum absolute atomic E-state index is 13.9. The minimum absolute atomic E-state index is 0.0372. The van der Waals surface area contributed by atoms with Crippen molar-refractivity contribution in [2.75, 3.05) is 26.0 Å². The second-order valence-electron chi connectivity index (χ2n) is 5.59. The lowest BCUT2D eigenvalue weighted by Crippen LogP contribution is -2.39. The number of carboxylic acid groups (broad SMARTS) is 1. The van der Waals surface area contributed by atoms with Crippen LogP contribution in [0.4, 0.5) is 10.1 Å². The molecule has 1 fully saturated rings. The maximum Gasteiger partial charge on any atom is 0.343 e. The van der Waals surface area contributed by atoms with Crippen molar-refractivity contribution in [3.8, 4) is 5.75 Å². The Morgan fingerprint density at radius 1 is 1.52 bits per heavy atom. The number of rotatable bonds is 7. The van der Waals surface area contributed by atoms with E-state index < -0.39 is 23.1 Å². The fraction of sp³-hybridized carbons (Fsp3) is 0.467. The van der Waals surface area contributed by atoms with Crippen LogP contribution >= 0.6 is 11.8 Å². The number of nitro benzene ring substituents is 1. The molecule has 1 heterocycles. The fourth-order valence-electron chi connectivity index (χ4n) is 2.48. The monoisotopic (exact) mass is 372 g/mol. The molecule has 0 aliphatic carbocycles. The summed E-state index contributed by atoms with van der Waals surface area (Å²) in [6, 6.07) is 4.53. The van der Waals surface area contributed by atoms with Crippen LogP contribution in [0.2, 0.25) is 0 Å². The number of hydrogen-bond acceptors (Lipinski definition) is 6. The summed E-state index contributed by atoms with van der Waals surface area (Å²) in [6.07, 6.45) is -0.219. The van der Waals surface area contributed by atoms with E-state index in [-0.39, 0.29) is 36.1 Å². The van der Waals surface area contributed by atoms with Gasteiger partial charge in [0.25, 0.3) is 0 Å². The highest BCUT2D eigenvalue weighted by Gasteiger charge is 2.46. The summed E-state index contributed by atoms with van der Waals surface area (Å²) in [5.74, 6) is -1.37. The Morgan fingerprint density at radius 3 is 2.80 bits per heavy atom. The van der Waals surface area contributed by atoms with Crippen LogP contribution in [0.1, 0.15) is 12.0 Å². The van der Waals surface area contributed by atoms with E-state index in [9.17, 15) is 24.1 Å². The standard InChI is InChI=1S/C15H17FN2O6S/c1-24-12-3-2-10(6-11(12)18(22)23)7-25-8-13(19)17-5-4-15(16,9-17)14(20)21/h2-3,6H,4-5,7-9H2,1H3,(H,20,21). The fourth-order valence-corrected chi connectivity index (χ4v) is 3.35. The van der Waals surface area contributed by atoms with Gasteiger partial charge in [-0.1, -0.05) is 6.07 Å². The topological polar surface area (TPSA) is 110 Å². The zero-order chi connectivity index (χ0) is 18.6. The van der Waals surface area contributed by atoms with Crippen molar-refractivity contribution in [3.63, 3.8) is 0 Å². The van der Waals surface area contributed by atoms with E-state index in [1.807, 2.05) is 0 Å². The van der Waals surface area contributed by atoms with Crippen molar-refractivity contribution in [1.29, 1.82) is 0 Å². The van der Waals surface area contributed by atoms with Gasteiger partial charge in [-0.2, -0.15) is 0 Å². The first-order valence-electron chi connectivity index (χ1n) is 7.36. The lowest BCUT2D eigenvalue weighted by Gasteiger charge is -2.17. The molecule has 1 atom stereocenters. The molecule has 136 valence electrons. The summed E-state index contributed by atoms with van der Waals surface area (Å²) >= 11 is 1.22. The third kappa shape index (κ3) is 4.38. The van der Waals surface area contributed by atoms with Crippen LogP contribution in [0.25, 0.3) is 0 Å². The van der Waals surface area contributed by atoms with Crippen LogP contribution in [0.5, 0.6) is 5.75 Å². The molecule has 1 aromatic carbocycles. The van der Waals surface area contributed by atoms with Crippen molar-refractivity contribution in [3.05, 3.63) is 33.9 Å². The number of methoxy groups -OCH3 is 1. The summed E-state index contributed by atoms with van der Waals surface area (Å²) in [5, 5.41) is 19.8. The average Bonchev–Trinajstić information content (AvgIpc) is 2.98. The van der Waals surface area contributed by atoms with E-state index in [4.69, 9.17) is 9.84 Å². The van der Waals surface area contributed by atoms with Gasteiger partial charge in [0.2, 0.25) is 11.6 Å². The summed E-state index contributed by atoms with van der Waals surface area (Å²) < 4.78 is 18.9. The molecule has 1 amide bonds. The minimum atomic E-state index is -2.38. The molecule has 1 aliphatic heterocycles. The molecule has 0 radical (unpaired) electrons. The number of likely N-dealkylation sites (tertiary alicyclic amines) is 1. The number of carbonyl (C=O) groups excluding carboxylic acids is 1. The van der Waals surface area contributed by atoms with Crippen LogP contribution < -0.4 is 4.74 Å². The molecule has 2 rings (SSSR count). The lowest BCUT2D eigenvalue weighted by atomic mass is 10.1. The number of halogens is 1. The van der Waals surface area contributed by atoms with Gasteiger partial charge in [0.15, 0.2) is 5.75 Å². The predicted octanol–water partition coefficient (Wildman–Crippen LogP) is 1.86. The molecule has 1 aromatic rings. The van der Waals surface area contributed by atoms with Crippen LogP contribution in [0.3, 0.4) is 0 Å². The van der Waals surface area contributed by atoms with Crippen molar-refractivity contribution in [2.45, 2.75) is 17.8 Å². The number of nitrogens with zero attached hydrogens (tertiary/aromatic N) is 2. The van der Waals surface area contributed by atoms with E-state index >= 15 is 0 Å². The van der Waals surface area contributed by atoms with Gasteiger partial charge < -0.3 is 14.7 Å². The van der Waals surface area contributed by atoms with Crippen molar-refractivity contribution in [1.82, 2.24) is 4.90 Å². The van der Waals surface area contributed by atoms with E-state index in [0.717, 1.165) is 0 Å². The summed E-state index contributed by atoms with van der Waals surface area (Å²) in [4.78, 5) is 34.5. The first kappa shape index (κ1) is 19.0. The van der Waals surface area contributed by atoms with Crippen LogP contribution in [0.15, 0.2) is 18.2 Å². The number of carboxylic acids is 1. The zero-order valence-corrected chi connectivity index (χ0v) is 14.3. The first-order valence-corrected chi connectivity index (χ1v) is 8.51. The smallest absolute Gasteiger partial charge is 0.343 e. The Morgan fingerprint density at radius 2 is 2.24 bits per heavy atom. The molecular formula is C15H17FN2O6S. The van der Waals surface area contributed by atoms with Crippen molar-refractivity contribution < 1.29 is 28.7 Å². The summed E-state index contributed by atoms with van der Waals surface area (Å²) in [5.41, 5.74) is -1.89. The van der Waals surface area contributed by atoms with Gasteiger partial charge in [0, 0.05) is 24.8 Å². The summed E-state index contributed by atoms with van der Waals surface area (Å²) in [6.45, 7) is -0.383. The molecule has 0 saturated carbocycles. The lowest BCUT2D eigenvalue weighted by molar-refractivity contribution is -0.385. The van der Waals surface area contributed by atoms with E-state index in [2.05, 4.69) is 0 Å². The average molecular weight is 372 g/mol. The number of amides is 1. The molecule has 25 heavy (non-hydrogen) atoms. The molecule has 0 spiro atoms. The number of nitro groups is 1. The molecule has 1 unspecified atom stereocenters. The molecular weight excluding hydrogens is 355 g/mol. The van der Waals surface area contributed by atoms with Crippen LogP contribution in [-0.2, 0) is 15.3 Å². The SMILES string of the molecule is COc1ccc(CSCC(=O)N2CCC(F)(C(=O)O)C2)cc1[N+](=O)[O-].